The number of nitrogens with one attached hydrogen (secondary N) is 1. The van der Waals surface area contributed by atoms with Crippen molar-refractivity contribution in [1.29, 1.82) is 0 Å². The highest BCUT2D eigenvalue weighted by atomic mass is 16.7. The maximum absolute atomic E-state index is 10.5. The molecule has 188 valence electrons. The van der Waals surface area contributed by atoms with Crippen LogP contribution < -0.4 is 9.47 Å². The fourth-order valence-corrected chi connectivity index (χ4v) is 4.21. The monoisotopic (exact) mass is 477 g/mol. The molecular weight excluding hydrogens is 442 g/mol. The molecule has 2 aromatic rings. The summed E-state index contributed by atoms with van der Waals surface area (Å²) < 4.78 is 11.4. The minimum Gasteiger partial charge on any atom is -0.493 e. The van der Waals surface area contributed by atoms with E-state index in [9.17, 15) is 5.11 Å². The van der Waals surface area contributed by atoms with Crippen molar-refractivity contribution in [3.05, 3.63) is 35.4 Å². The first-order valence-electron chi connectivity index (χ1n) is 11.6. The Kier molecular flexibility index (Phi) is 10.1. The molecule has 2 fully saturated rings. The number of aryl methyl sites for hydroxylation is 1. The third kappa shape index (κ3) is 7.66. The van der Waals surface area contributed by atoms with Gasteiger partial charge in [0.2, 0.25) is 0 Å². The number of aromatic amines is 1. The number of nitrogens with zero attached hydrogens (tertiary/aromatic N) is 4. The van der Waals surface area contributed by atoms with Crippen LogP contribution in [0, 0.1) is 6.92 Å². The number of hydroxylamine groups is 2. The molecule has 2 aliphatic rings. The number of benzene rings is 1. The largest absolute Gasteiger partial charge is 0.493 e. The second kappa shape index (κ2) is 13.2. The minimum absolute atomic E-state index is 0.227. The van der Waals surface area contributed by atoms with E-state index in [1.54, 1.807) is 7.11 Å². The van der Waals surface area contributed by atoms with E-state index in [0.717, 1.165) is 69.3 Å². The summed E-state index contributed by atoms with van der Waals surface area (Å²) in [5.74, 6) is 3.48. The van der Waals surface area contributed by atoms with Crippen LogP contribution in [0.2, 0.25) is 0 Å². The average Bonchev–Trinajstić information content (AvgIpc) is 3.51. The van der Waals surface area contributed by atoms with Crippen molar-refractivity contribution in [1.82, 2.24) is 25.1 Å². The lowest BCUT2D eigenvalue weighted by atomic mass is 9.96. The number of hydrogen-bond acceptors (Lipinski definition) is 9. The van der Waals surface area contributed by atoms with Gasteiger partial charge >= 0.3 is 0 Å². The number of β-amino-alcohol motifs (C(OH)–C–C–N with tert-alkyl or cyclic N) is 1. The Hall–Kier alpha value is -2.73. The van der Waals surface area contributed by atoms with Crippen molar-refractivity contribution in [2.24, 2.45) is 0 Å². The van der Waals surface area contributed by atoms with Crippen LogP contribution in [0.15, 0.2) is 18.2 Å². The zero-order valence-electron chi connectivity index (χ0n) is 19.9. The van der Waals surface area contributed by atoms with Gasteiger partial charge in [-0.1, -0.05) is 6.07 Å². The summed E-state index contributed by atoms with van der Waals surface area (Å²) in [7, 11) is 1.63. The normalized spacial score (nSPS) is 18.2. The fraction of sp³-hybridized carbons (Fsp3) is 0.609. The van der Waals surface area contributed by atoms with Gasteiger partial charge in [0, 0.05) is 25.6 Å². The number of likely N-dealkylation sites (tertiary alicyclic amines) is 1. The second-order valence-corrected chi connectivity index (χ2v) is 8.46. The number of aliphatic hydroxyl groups is 1. The molecule has 0 radical (unpaired) electrons. The van der Waals surface area contributed by atoms with Crippen molar-refractivity contribution in [3.63, 3.8) is 0 Å². The van der Waals surface area contributed by atoms with Crippen molar-refractivity contribution in [2.45, 2.75) is 44.8 Å². The van der Waals surface area contributed by atoms with E-state index in [4.69, 9.17) is 24.2 Å². The minimum atomic E-state index is -0.565. The highest BCUT2D eigenvalue weighted by Gasteiger charge is 2.25. The van der Waals surface area contributed by atoms with E-state index >= 15 is 0 Å². The van der Waals surface area contributed by atoms with Crippen LogP contribution in [0.1, 0.15) is 42.4 Å². The highest BCUT2D eigenvalue weighted by molar-refractivity contribution is 5.43. The molecule has 34 heavy (non-hydrogen) atoms. The zero-order valence-corrected chi connectivity index (χ0v) is 19.9. The lowest BCUT2D eigenvalue weighted by Gasteiger charge is -2.32. The number of methoxy groups -OCH3 is 1. The van der Waals surface area contributed by atoms with E-state index in [2.05, 4.69) is 20.1 Å². The van der Waals surface area contributed by atoms with Crippen LogP contribution in [-0.2, 0) is 16.2 Å². The SMILES string of the molecule is COc1cc(CN2CCCO2)ccc1OCC(O)CN1CCC(c2n[nH]c(C)n2)CC1.O=CO. The predicted molar refractivity (Wildman–Crippen MR) is 124 cm³/mol. The van der Waals surface area contributed by atoms with Crippen LogP contribution >= 0.6 is 0 Å². The Balaban J connectivity index is 0.00000103. The number of aromatic nitrogens is 3. The quantitative estimate of drug-likeness (QED) is 0.457. The van der Waals surface area contributed by atoms with Crippen LogP contribution in [0.5, 0.6) is 11.5 Å². The van der Waals surface area contributed by atoms with Gasteiger partial charge in [0.05, 0.1) is 13.7 Å². The summed E-state index contributed by atoms with van der Waals surface area (Å²) in [6.45, 7) is 6.79. The fourth-order valence-electron chi connectivity index (χ4n) is 4.21. The Labute approximate surface area is 199 Å². The van der Waals surface area contributed by atoms with Gasteiger partial charge < -0.3 is 24.6 Å². The number of hydrogen-bond donors (Lipinski definition) is 3. The van der Waals surface area contributed by atoms with E-state index < -0.39 is 6.10 Å². The van der Waals surface area contributed by atoms with Gasteiger partial charge in [-0.3, -0.25) is 14.7 Å². The summed E-state index contributed by atoms with van der Waals surface area (Å²) in [6.07, 6.45) is 2.50. The Morgan fingerprint density at radius 3 is 2.68 bits per heavy atom. The maximum Gasteiger partial charge on any atom is 0.290 e. The molecule has 11 nitrogen and oxygen atoms in total. The first kappa shape index (κ1) is 25.9. The smallest absolute Gasteiger partial charge is 0.290 e. The van der Waals surface area contributed by atoms with E-state index in [1.165, 1.54) is 0 Å². The number of H-pyrrole nitrogens is 1. The predicted octanol–water partition coefficient (Wildman–Crippen LogP) is 1.58. The summed E-state index contributed by atoms with van der Waals surface area (Å²) in [5.41, 5.74) is 1.11. The summed E-state index contributed by atoms with van der Waals surface area (Å²) in [4.78, 5) is 20.7. The molecule has 11 heteroatoms. The van der Waals surface area contributed by atoms with E-state index in [-0.39, 0.29) is 13.1 Å². The molecule has 3 N–H and O–H groups in total. The van der Waals surface area contributed by atoms with Crippen LogP contribution in [0.25, 0.3) is 0 Å². The molecule has 4 rings (SSSR count). The number of carboxylic acid groups (broad SMARTS) is 1. The second-order valence-electron chi connectivity index (χ2n) is 8.46. The van der Waals surface area contributed by atoms with Crippen molar-refractivity contribution in [3.8, 4) is 11.5 Å². The zero-order chi connectivity index (χ0) is 24.3. The van der Waals surface area contributed by atoms with Gasteiger partial charge in [-0.2, -0.15) is 10.2 Å². The summed E-state index contributed by atoms with van der Waals surface area (Å²) in [5, 5.41) is 26.6. The average molecular weight is 478 g/mol. The van der Waals surface area contributed by atoms with Gasteiger partial charge in [-0.05, 0) is 57.0 Å². The highest BCUT2D eigenvalue weighted by Crippen LogP contribution is 2.29. The first-order valence-corrected chi connectivity index (χ1v) is 11.6. The Bertz CT molecular complexity index is 880. The van der Waals surface area contributed by atoms with Crippen LogP contribution in [0.3, 0.4) is 0 Å². The summed E-state index contributed by atoms with van der Waals surface area (Å²) in [6, 6.07) is 5.89. The third-order valence-electron chi connectivity index (χ3n) is 5.88. The number of carbonyl (C=O) groups is 1. The molecule has 0 saturated carbocycles. The molecule has 0 aliphatic carbocycles. The Morgan fingerprint density at radius 1 is 1.29 bits per heavy atom. The molecule has 0 bridgehead atoms. The molecule has 3 heterocycles. The number of aliphatic hydroxyl groups excluding tert-OH is 1. The van der Waals surface area contributed by atoms with Gasteiger partial charge in [0.25, 0.3) is 6.47 Å². The van der Waals surface area contributed by atoms with Gasteiger partial charge in [-0.25, -0.2) is 4.98 Å². The molecule has 2 saturated heterocycles. The molecule has 0 spiro atoms. The number of ether oxygens (including phenoxy) is 2. The molecule has 2 aliphatic heterocycles. The molecule has 1 aromatic carbocycles. The molecule has 1 atom stereocenters. The van der Waals surface area contributed by atoms with Crippen molar-refractivity contribution < 1.29 is 29.3 Å². The number of rotatable bonds is 9. The summed E-state index contributed by atoms with van der Waals surface area (Å²) >= 11 is 0. The number of piperidine rings is 1. The van der Waals surface area contributed by atoms with Gasteiger partial charge in [0.1, 0.15) is 18.5 Å². The van der Waals surface area contributed by atoms with Crippen LogP contribution in [0.4, 0.5) is 0 Å². The standard InChI is InChI=1S/C22H33N5O4.CH2O2/c1-16-23-22(25-24-16)18-6-9-26(10-7-18)14-19(28)15-30-20-5-4-17(12-21(20)29-2)13-27-8-3-11-31-27;2-1-3/h4-5,12,18-19,28H,3,6-11,13-15H2,1-2H3,(H,23,24,25);1H,(H,2,3). The Morgan fingerprint density at radius 2 is 2.06 bits per heavy atom. The molecule has 1 unspecified atom stereocenters. The third-order valence-corrected chi connectivity index (χ3v) is 5.88. The van der Waals surface area contributed by atoms with Crippen molar-refractivity contribution >= 4 is 6.47 Å². The molecule has 1 aromatic heterocycles. The van der Waals surface area contributed by atoms with Crippen LogP contribution in [-0.4, -0.2) is 94.4 Å². The van der Waals surface area contributed by atoms with Gasteiger partial charge in [0.15, 0.2) is 17.3 Å². The topological polar surface area (TPSA) is 133 Å². The lowest BCUT2D eigenvalue weighted by Crippen LogP contribution is -2.40. The molecule has 0 amide bonds. The van der Waals surface area contributed by atoms with Crippen molar-refractivity contribution in [2.75, 3.05) is 46.5 Å². The molecular formula is C23H35N5O6. The lowest BCUT2D eigenvalue weighted by molar-refractivity contribution is -0.122. The van der Waals surface area contributed by atoms with E-state index in [0.29, 0.717) is 24.0 Å². The van der Waals surface area contributed by atoms with Gasteiger partial charge in [-0.15, -0.1) is 0 Å². The van der Waals surface area contributed by atoms with E-state index in [1.807, 2.05) is 30.2 Å². The maximum atomic E-state index is 10.5. The first-order chi connectivity index (χ1) is 16.5.